The largest absolute Gasteiger partial charge is 0.345 e. The van der Waals surface area contributed by atoms with Crippen LogP contribution in [0.25, 0.3) is 0 Å². The maximum absolute atomic E-state index is 13.3. The van der Waals surface area contributed by atoms with E-state index in [4.69, 9.17) is 0 Å². The van der Waals surface area contributed by atoms with Gasteiger partial charge in [0.05, 0.1) is 11.2 Å². The number of hydrogen-bond donors (Lipinski definition) is 0. The van der Waals surface area contributed by atoms with Gasteiger partial charge in [-0.2, -0.15) is 0 Å². The van der Waals surface area contributed by atoms with Crippen LogP contribution in [0.15, 0.2) is 30.3 Å². The van der Waals surface area contributed by atoms with Crippen molar-refractivity contribution in [1.29, 1.82) is 0 Å². The van der Waals surface area contributed by atoms with E-state index in [1.54, 1.807) is 6.92 Å². The standard InChI is InChI=1S/C19H30N2O3S/c1-5-25(23,24)21-13-11-19(12-14-21,17-9-7-6-8-10-17)18(22)20(4)15-16(2)3/h6-10,16H,5,11-15H2,1-4H3. The molecule has 1 aliphatic rings. The lowest BCUT2D eigenvalue weighted by Gasteiger charge is -2.42. The lowest BCUT2D eigenvalue weighted by molar-refractivity contribution is -0.138. The predicted molar refractivity (Wildman–Crippen MR) is 101 cm³/mol. The molecule has 1 aliphatic heterocycles. The zero-order valence-electron chi connectivity index (χ0n) is 15.7. The van der Waals surface area contributed by atoms with Gasteiger partial charge < -0.3 is 4.90 Å². The summed E-state index contributed by atoms with van der Waals surface area (Å²) in [5.74, 6) is 0.593. The van der Waals surface area contributed by atoms with Gasteiger partial charge in [-0.1, -0.05) is 44.2 Å². The first-order valence-electron chi connectivity index (χ1n) is 9.02. The van der Waals surface area contributed by atoms with Crippen molar-refractivity contribution in [3.63, 3.8) is 0 Å². The first-order valence-corrected chi connectivity index (χ1v) is 10.6. The van der Waals surface area contributed by atoms with E-state index in [2.05, 4.69) is 13.8 Å². The Morgan fingerprint density at radius 3 is 2.24 bits per heavy atom. The first kappa shape index (κ1) is 19.9. The van der Waals surface area contributed by atoms with E-state index in [1.165, 1.54) is 4.31 Å². The van der Waals surface area contributed by atoms with E-state index >= 15 is 0 Å². The highest BCUT2D eigenvalue weighted by molar-refractivity contribution is 7.89. The van der Waals surface area contributed by atoms with E-state index in [9.17, 15) is 13.2 Å². The third-order valence-corrected chi connectivity index (χ3v) is 6.94. The van der Waals surface area contributed by atoms with E-state index in [0.717, 1.165) is 5.56 Å². The second kappa shape index (κ2) is 7.87. The van der Waals surface area contributed by atoms with Crippen molar-refractivity contribution in [3.05, 3.63) is 35.9 Å². The van der Waals surface area contributed by atoms with Crippen LogP contribution in [-0.2, 0) is 20.2 Å². The van der Waals surface area contributed by atoms with E-state index in [-0.39, 0.29) is 11.7 Å². The fraction of sp³-hybridized carbons (Fsp3) is 0.632. The molecule has 1 fully saturated rings. The molecule has 1 heterocycles. The smallest absolute Gasteiger partial charge is 0.233 e. The fourth-order valence-corrected chi connectivity index (χ4v) is 4.81. The molecule has 0 spiro atoms. The fourth-order valence-electron chi connectivity index (χ4n) is 3.71. The molecule has 5 nitrogen and oxygen atoms in total. The third kappa shape index (κ3) is 4.23. The second-order valence-corrected chi connectivity index (χ2v) is 9.58. The Morgan fingerprint density at radius 2 is 1.76 bits per heavy atom. The molecular weight excluding hydrogens is 336 g/mol. The molecule has 0 aromatic heterocycles. The van der Waals surface area contributed by atoms with Crippen LogP contribution in [0.5, 0.6) is 0 Å². The summed E-state index contributed by atoms with van der Waals surface area (Å²) in [6.45, 7) is 7.34. The average molecular weight is 367 g/mol. The highest BCUT2D eigenvalue weighted by Gasteiger charge is 2.45. The number of benzene rings is 1. The van der Waals surface area contributed by atoms with E-state index < -0.39 is 15.4 Å². The van der Waals surface area contributed by atoms with Gasteiger partial charge in [-0.3, -0.25) is 4.79 Å². The summed E-state index contributed by atoms with van der Waals surface area (Å²) < 4.78 is 25.9. The summed E-state index contributed by atoms with van der Waals surface area (Å²) in [6.07, 6.45) is 1.05. The third-order valence-electron chi connectivity index (χ3n) is 5.06. The average Bonchev–Trinajstić information content (AvgIpc) is 2.61. The van der Waals surface area contributed by atoms with Crippen LogP contribution >= 0.6 is 0 Å². The summed E-state index contributed by atoms with van der Waals surface area (Å²) in [5.41, 5.74) is 0.356. The molecule has 2 rings (SSSR count). The summed E-state index contributed by atoms with van der Waals surface area (Å²) in [6, 6.07) is 9.82. The maximum Gasteiger partial charge on any atom is 0.233 e. The quantitative estimate of drug-likeness (QED) is 0.777. The van der Waals surface area contributed by atoms with Crippen LogP contribution in [0, 0.1) is 5.92 Å². The molecule has 25 heavy (non-hydrogen) atoms. The van der Waals surface area contributed by atoms with Crippen LogP contribution in [0.1, 0.15) is 39.2 Å². The molecule has 140 valence electrons. The zero-order valence-corrected chi connectivity index (χ0v) is 16.6. The van der Waals surface area contributed by atoms with Crippen molar-refractivity contribution >= 4 is 15.9 Å². The number of carbonyl (C=O) groups is 1. The Bertz CT molecular complexity index is 678. The Balaban J connectivity index is 2.32. The number of nitrogens with zero attached hydrogens (tertiary/aromatic N) is 2. The summed E-state index contributed by atoms with van der Waals surface area (Å²) in [7, 11) is -1.36. The lowest BCUT2D eigenvalue weighted by Crippen LogP contribution is -2.53. The van der Waals surface area contributed by atoms with Crippen LogP contribution < -0.4 is 0 Å². The Hall–Kier alpha value is -1.40. The molecule has 0 saturated carbocycles. The molecule has 1 aromatic carbocycles. The van der Waals surface area contributed by atoms with Gasteiger partial charge in [0, 0.05) is 26.7 Å². The molecule has 0 bridgehead atoms. The molecule has 1 amide bonds. The number of carbonyl (C=O) groups excluding carboxylic acids is 1. The van der Waals surface area contributed by atoms with Crippen molar-refractivity contribution in [2.75, 3.05) is 32.4 Å². The predicted octanol–water partition coefficient (Wildman–Crippen LogP) is 2.48. The topological polar surface area (TPSA) is 57.7 Å². The Morgan fingerprint density at radius 1 is 1.20 bits per heavy atom. The van der Waals surface area contributed by atoms with Gasteiger partial charge in [0.2, 0.25) is 15.9 Å². The van der Waals surface area contributed by atoms with Gasteiger partial charge in [0.15, 0.2) is 0 Å². The van der Waals surface area contributed by atoms with Gasteiger partial charge in [-0.05, 0) is 31.2 Å². The minimum Gasteiger partial charge on any atom is -0.345 e. The highest BCUT2D eigenvalue weighted by atomic mass is 32.2. The normalized spacial score (nSPS) is 18.3. The molecule has 0 radical (unpaired) electrons. The maximum atomic E-state index is 13.3. The first-order chi connectivity index (χ1) is 11.7. The molecule has 0 N–H and O–H groups in total. The molecule has 0 atom stereocenters. The molecular formula is C19H30N2O3S. The number of likely N-dealkylation sites (N-methyl/N-ethyl adjacent to an activating group) is 1. The minimum atomic E-state index is -3.21. The monoisotopic (exact) mass is 366 g/mol. The summed E-state index contributed by atoms with van der Waals surface area (Å²) in [5, 5.41) is 0. The molecule has 1 aromatic rings. The Labute approximate surface area is 152 Å². The van der Waals surface area contributed by atoms with Crippen LogP contribution in [-0.4, -0.2) is 56.0 Å². The van der Waals surface area contributed by atoms with Crippen molar-refractivity contribution in [3.8, 4) is 0 Å². The minimum absolute atomic E-state index is 0.0981. The molecule has 1 saturated heterocycles. The molecule has 0 unspecified atom stereocenters. The molecule has 0 aliphatic carbocycles. The van der Waals surface area contributed by atoms with Gasteiger partial charge in [0.1, 0.15) is 0 Å². The van der Waals surface area contributed by atoms with Crippen molar-refractivity contribution < 1.29 is 13.2 Å². The number of hydrogen-bond acceptors (Lipinski definition) is 3. The second-order valence-electron chi connectivity index (χ2n) is 7.33. The van der Waals surface area contributed by atoms with Gasteiger partial charge in [-0.25, -0.2) is 12.7 Å². The van der Waals surface area contributed by atoms with Crippen LogP contribution in [0.4, 0.5) is 0 Å². The number of amides is 1. The lowest BCUT2D eigenvalue weighted by atomic mass is 9.72. The van der Waals surface area contributed by atoms with Crippen LogP contribution in [0.2, 0.25) is 0 Å². The number of piperidine rings is 1. The van der Waals surface area contributed by atoms with Crippen LogP contribution in [0.3, 0.4) is 0 Å². The number of sulfonamides is 1. The summed E-state index contributed by atoms with van der Waals surface area (Å²) >= 11 is 0. The van der Waals surface area contributed by atoms with Gasteiger partial charge >= 0.3 is 0 Å². The van der Waals surface area contributed by atoms with Crippen molar-refractivity contribution in [2.24, 2.45) is 5.92 Å². The number of rotatable bonds is 6. The van der Waals surface area contributed by atoms with Gasteiger partial charge in [-0.15, -0.1) is 0 Å². The highest BCUT2D eigenvalue weighted by Crippen LogP contribution is 2.38. The van der Waals surface area contributed by atoms with E-state index in [0.29, 0.717) is 38.4 Å². The SMILES string of the molecule is CCS(=O)(=O)N1CCC(C(=O)N(C)CC(C)C)(c2ccccc2)CC1. The van der Waals surface area contributed by atoms with Crippen molar-refractivity contribution in [2.45, 2.75) is 39.0 Å². The Kier molecular flexibility index (Phi) is 6.27. The van der Waals surface area contributed by atoms with E-state index in [1.807, 2.05) is 42.3 Å². The van der Waals surface area contributed by atoms with Crippen molar-refractivity contribution in [1.82, 2.24) is 9.21 Å². The molecule has 6 heteroatoms. The zero-order chi connectivity index (χ0) is 18.7. The summed E-state index contributed by atoms with van der Waals surface area (Å²) in [4.78, 5) is 15.1. The van der Waals surface area contributed by atoms with Gasteiger partial charge in [0.25, 0.3) is 0 Å².